The van der Waals surface area contributed by atoms with Crippen molar-refractivity contribution in [2.24, 2.45) is 0 Å². The van der Waals surface area contributed by atoms with Crippen LogP contribution in [0.5, 0.6) is 5.88 Å². The summed E-state index contributed by atoms with van der Waals surface area (Å²) in [6.45, 7) is 7.11. The van der Waals surface area contributed by atoms with Crippen LogP contribution in [0.4, 0.5) is 0 Å². The van der Waals surface area contributed by atoms with E-state index in [2.05, 4.69) is 14.8 Å². The van der Waals surface area contributed by atoms with Crippen molar-refractivity contribution in [1.29, 1.82) is 0 Å². The van der Waals surface area contributed by atoms with E-state index in [-0.39, 0.29) is 0 Å². The Morgan fingerprint density at radius 2 is 2.38 bits per heavy atom. The molecule has 0 amide bonds. The highest BCUT2D eigenvalue weighted by atomic mass is 32.1. The Bertz CT molecular complexity index is 513. The highest BCUT2D eigenvalue weighted by Crippen LogP contribution is 2.22. The van der Waals surface area contributed by atoms with Crippen LogP contribution in [0.1, 0.15) is 5.01 Å². The van der Waals surface area contributed by atoms with Crippen LogP contribution in [0, 0.1) is 6.57 Å². The van der Waals surface area contributed by atoms with E-state index < -0.39 is 0 Å². The molecule has 2 heterocycles. The lowest BCUT2D eigenvalue weighted by molar-refractivity contribution is 0.398. The van der Waals surface area contributed by atoms with Gasteiger partial charge in [-0.25, -0.2) is 16.5 Å². The maximum atomic E-state index is 6.77. The van der Waals surface area contributed by atoms with Crippen molar-refractivity contribution in [2.45, 2.75) is 6.54 Å². The molecule has 0 spiro atoms. The summed E-state index contributed by atoms with van der Waals surface area (Å²) in [5.41, 5.74) is 1.80. The molecule has 0 saturated heterocycles. The van der Waals surface area contributed by atoms with Gasteiger partial charge in [-0.3, -0.25) is 0 Å². The molecule has 2 aromatic heterocycles. The molecule has 0 saturated carbocycles. The van der Waals surface area contributed by atoms with E-state index in [1.54, 1.807) is 19.4 Å². The first-order chi connectivity index (χ1) is 7.83. The molecule has 0 atom stereocenters. The summed E-state index contributed by atoms with van der Waals surface area (Å²) in [6, 6.07) is 3.70. The van der Waals surface area contributed by atoms with Crippen molar-refractivity contribution in [3.05, 3.63) is 40.1 Å². The molecule has 0 radical (unpaired) electrons. The molecule has 0 aliphatic carbocycles. The van der Waals surface area contributed by atoms with Crippen LogP contribution in [-0.4, -0.2) is 17.1 Å². The molecule has 0 aliphatic rings. The summed E-state index contributed by atoms with van der Waals surface area (Å²) in [5, 5.41) is 2.77. The van der Waals surface area contributed by atoms with E-state index in [1.807, 2.05) is 11.4 Å². The number of hydrogen-bond donors (Lipinski definition) is 0. The third-order valence-electron chi connectivity index (χ3n) is 2.01. The zero-order valence-corrected chi connectivity index (χ0v) is 9.49. The Labute approximate surface area is 97.4 Å². The van der Waals surface area contributed by atoms with Crippen molar-refractivity contribution in [2.75, 3.05) is 7.11 Å². The van der Waals surface area contributed by atoms with Gasteiger partial charge in [0.15, 0.2) is 5.01 Å². The van der Waals surface area contributed by atoms with Crippen LogP contribution >= 0.6 is 11.3 Å². The van der Waals surface area contributed by atoms with E-state index in [9.17, 15) is 0 Å². The van der Waals surface area contributed by atoms with Gasteiger partial charge in [0.2, 0.25) is 5.88 Å². The van der Waals surface area contributed by atoms with Gasteiger partial charge in [0.25, 0.3) is 6.54 Å². The summed E-state index contributed by atoms with van der Waals surface area (Å²) in [4.78, 5) is 11.8. The zero-order valence-electron chi connectivity index (χ0n) is 8.67. The van der Waals surface area contributed by atoms with E-state index in [1.165, 1.54) is 11.3 Å². The molecule has 0 N–H and O–H groups in total. The predicted octanol–water partition coefficient (Wildman–Crippen LogP) is 2.63. The fraction of sp³-hybridized carbons (Fsp3) is 0.182. The molecular formula is C11H9N3OS. The van der Waals surface area contributed by atoms with Gasteiger partial charge in [0.05, 0.1) is 12.8 Å². The summed E-state index contributed by atoms with van der Waals surface area (Å²) < 4.78 is 4.98. The van der Waals surface area contributed by atoms with Crippen LogP contribution < -0.4 is 4.74 Å². The first-order valence-corrected chi connectivity index (χ1v) is 5.49. The average molecular weight is 231 g/mol. The molecular weight excluding hydrogens is 222 g/mol. The monoisotopic (exact) mass is 231 g/mol. The molecule has 0 unspecified atom stereocenters. The summed E-state index contributed by atoms with van der Waals surface area (Å²) in [5.74, 6) is 0.584. The minimum Gasteiger partial charge on any atom is -0.481 e. The third-order valence-corrected chi connectivity index (χ3v) is 2.84. The van der Waals surface area contributed by atoms with Gasteiger partial charge in [-0.1, -0.05) is 0 Å². The Morgan fingerprint density at radius 1 is 1.50 bits per heavy atom. The standard InChI is InChI=1S/C11H9N3OS/c1-12-6-11-14-9(7-16-11)8-3-4-10(15-2)13-5-8/h3-5,7H,6H2,2H3. The molecule has 2 rings (SSSR count). The SMILES string of the molecule is [C-]#[N+]Cc1nc(-c2ccc(OC)nc2)cs1. The van der Waals surface area contributed by atoms with Crippen LogP contribution in [0.2, 0.25) is 0 Å². The fourth-order valence-electron chi connectivity index (χ4n) is 1.24. The number of hydrogen-bond acceptors (Lipinski definition) is 4. The number of aromatic nitrogens is 2. The topological polar surface area (TPSA) is 39.4 Å². The average Bonchev–Trinajstić information content (AvgIpc) is 2.78. The Hall–Kier alpha value is -1.93. The van der Waals surface area contributed by atoms with Crippen molar-refractivity contribution < 1.29 is 4.74 Å². The van der Waals surface area contributed by atoms with Crippen LogP contribution in [-0.2, 0) is 6.54 Å². The van der Waals surface area contributed by atoms with E-state index in [0.717, 1.165) is 16.3 Å². The molecule has 0 aliphatic heterocycles. The minimum absolute atomic E-state index is 0.342. The lowest BCUT2D eigenvalue weighted by atomic mass is 10.2. The second-order valence-electron chi connectivity index (χ2n) is 3.03. The first kappa shape index (κ1) is 10.6. The normalized spacial score (nSPS) is 9.75. The molecule has 80 valence electrons. The minimum atomic E-state index is 0.342. The molecule has 0 fully saturated rings. The van der Waals surface area contributed by atoms with Crippen molar-refractivity contribution in [3.63, 3.8) is 0 Å². The number of nitrogens with zero attached hydrogens (tertiary/aromatic N) is 3. The third kappa shape index (κ3) is 2.18. The smallest absolute Gasteiger partial charge is 0.265 e. The van der Waals surface area contributed by atoms with E-state index in [4.69, 9.17) is 11.3 Å². The fourth-order valence-corrected chi connectivity index (χ4v) is 1.96. The Morgan fingerprint density at radius 3 is 3.00 bits per heavy atom. The van der Waals surface area contributed by atoms with Gasteiger partial charge in [0, 0.05) is 23.2 Å². The molecule has 2 aromatic rings. The van der Waals surface area contributed by atoms with Gasteiger partial charge in [-0.2, -0.15) is 0 Å². The Kier molecular flexibility index (Phi) is 3.13. The van der Waals surface area contributed by atoms with E-state index in [0.29, 0.717) is 12.4 Å². The number of methoxy groups -OCH3 is 1. The lowest BCUT2D eigenvalue weighted by Crippen LogP contribution is -1.87. The maximum Gasteiger partial charge on any atom is 0.265 e. The quantitative estimate of drug-likeness (QED) is 0.762. The number of ether oxygens (including phenoxy) is 1. The van der Waals surface area contributed by atoms with Gasteiger partial charge in [-0.05, 0) is 6.07 Å². The van der Waals surface area contributed by atoms with Gasteiger partial charge in [0.1, 0.15) is 0 Å². The molecule has 4 nitrogen and oxygen atoms in total. The zero-order chi connectivity index (χ0) is 11.4. The van der Waals surface area contributed by atoms with Crippen molar-refractivity contribution in [1.82, 2.24) is 9.97 Å². The van der Waals surface area contributed by atoms with Gasteiger partial charge < -0.3 is 9.58 Å². The number of pyridine rings is 1. The molecule has 5 heteroatoms. The van der Waals surface area contributed by atoms with Crippen LogP contribution in [0.25, 0.3) is 16.1 Å². The molecule has 0 aromatic carbocycles. The first-order valence-electron chi connectivity index (χ1n) is 4.61. The van der Waals surface area contributed by atoms with Crippen LogP contribution in [0.15, 0.2) is 23.7 Å². The second kappa shape index (κ2) is 4.73. The molecule has 16 heavy (non-hydrogen) atoms. The maximum absolute atomic E-state index is 6.77. The summed E-state index contributed by atoms with van der Waals surface area (Å²) in [6.07, 6.45) is 1.72. The van der Waals surface area contributed by atoms with Gasteiger partial charge in [-0.15, -0.1) is 11.3 Å². The van der Waals surface area contributed by atoms with Crippen molar-refractivity contribution >= 4 is 11.3 Å². The Balaban J connectivity index is 2.25. The predicted molar refractivity (Wildman–Crippen MR) is 62.2 cm³/mol. The summed E-state index contributed by atoms with van der Waals surface area (Å²) >= 11 is 1.50. The second-order valence-corrected chi connectivity index (χ2v) is 3.97. The van der Waals surface area contributed by atoms with Crippen molar-refractivity contribution in [3.8, 4) is 17.1 Å². The summed E-state index contributed by atoms with van der Waals surface area (Å²) in [7, 11) is 1.58. The van der Waals surface area contributed by atoms with Gasteiger partial charge >= 0.3 is 0 Å². The number of thiazole rings is 1. The number of rotatable bonds is 3. The van der Waals surface area contributed by atoms with Crippen LogP contribution in [0.3, 0.4) is 0 Å². The highest BCUT2D eigenvalue weighted by molar-refractivity contribution is 7.09. The van der Waals surface area contributed by atoms with E-state index >= 15 is 0 Å². The molecule has 0 bridgehead atoms. The highest BCUT2D eigenvalue weighted by Gasteiger charge is 2.06. The lowest BCUT2D eigenvalue weighted by Gasteiger charge is -1.98. The largest absolute Gasteiger partial charge is 0.481 e.